The number of fused-ring (bicyclic) bond motifs is 2. The Labute approximate surface area is 242 Å². The highest BCUT2D eigenvalue weighted by Gasteiger charge is 2.17. The summed E-state index contributed by atoms with van der Waals surface area (Å²) >= 11 is 0. The maximum atomic E-state index is 12.3. The number of aryl methyl sites for hydroxylation is 3. The molecular weight excluding hydrogens is 542 g/mol. The van der Waals surface area contributed by atoms with Gasteiger partial charge in [-0.1, -0.05) is 6.07 Å². The second-order valence-corrected chi connectivity index (χ2v) is 9.43. The minimum absolute atomic E-state index is 0.0589. The van der Waals surface area contributed by atoms with Crippen molar-refractivity contribution in [1.29, 1.82) is 0 Å². The first kappa shape index (κ1) is 30.1. The molecule has 1 N–H and O–H groups in total. The summed E-state index contributed by atoms with van der Waals surface area (Å²) in [5, 5.41) is 4.34. The van der Waals surface area contributed by atoms with Crippen molar-refractivity contribution in [2.45, 2.75) is 20.8 Å². The van der Waals surface area contributed by atoms with Gasteiger partial charge >= 0.3 is 11.6 Å². The third-order valence-electron chi connectivity index (χ3n) is 6.58. The van der Waals surface area contributed by atoms with E-state index in [1.54, 1.807) is 45.4 Å². The highest BCUT2D eigenvalue weighted by molar-refractivity contribution is 6.03. The minimum atomic E-state index is -0.527. The molecule has 0 unspecified atom stereocenters. The molecule has 0 radical (unpaired) electrons. The first-order valence-corrected chi connectivity index (χ1v) is 13.3. The summed E-state index contributed by atoms with van der Waals surface area (Å²) < 4.78 is 32.5. The Morgan fingerprint density at radius 2 is 1.62 bits per heavy atom. The molecule has 220 valence electrons. The highest BCUT2D eigenvalue weighted by atomic mass is 16.6. The second kappa shape index (κ2) is 13.7. The predicted molar refractivity (Wildman–Crippen MR) is 159 cm³/mol. The van der Waals surface area contributed by atoms with E-state index in [1.165, 1.54) is 18.2 Å². The number of esters is 1. The molecule has 0 atom stereocenters. The average molecular weight is 576 g/mol. The van der Waals surface area contributed by atoms with Gasteiger partial charge < -0.3 is 33.1 Å². The van der Waals surface area contributed by atoms with E-state index >= 15 is 0 Å². The van der Waals surface area contributed by atoms with Gasteiger partial charge in [-0.3, -0.25) is 4.79 Å². The van der Waals surface area contributed by atoms with E-state index in [0.29, 0.717) is 35.0 Å². The Morgan fingerprint density at radius 1 is 0.857 bits per heavy atom. The number of nitrogens with one attached hydrogen (secondary N) is 1. The van der Waals surface area contributed by atoms with Crippen LogP contribution in [0.1, 0.15) is 28.0 Å². The van der Waals surface area contributed by atoms with E-state index in [2.05, 4.69) is 5.32 Å². The number of hydrogen-bond acceptors (Lipinski definition) is 9. The summed E-state index contributed by atoms with van der Waals surface area (Å²) in [6.07, 6.45) is 6.07. The molecule has 1 amide bonds. The van der Waals surface area contributed by atoms with Crippen LogP contribution < -0.4 is 20.4 Å². The fourth-order valence-electron chi connectivity index (χ4n) is 4.46. The van der Waals surface area contributed by atoms with Gasteiger partial charge in [0.25, 0.3) is 0 Å². The molecule has 42 heavy (non-hydrogen) atoms. The van der Waals surface area contributed by atoms with E-state index in [9.17, 15) is 14.4 Å². The van der Waals surface area contributed by atoms with E-state index in [4.69, 9.17) is 27.8 Å². The van der Waals surface area contributed by atoms with Crippen LogP contribution in [0.4, 0.5) is 0 Å². The lowest BCUT2D eigenvalue weighted by atomic mass is 10.0. The van der Waals surface area contributed by atoms with Gasteiger partial charge in [0.2, 0.25) is 5.91 Å². The van der Waals surface area contributed by atoms with Gasteiger partial charge in [-0.05, 0) is 62.2 Å². The zero-order chi connectivity index (χ0) is 30.2. The summed E-state index contributed by atoms with van der Waals surface area (Å²) in [5.74, 6) is 1.01. The monoisotopic (exact) mass is 575 g/mol. The number of furan rings is 1. The van der Waals surface area contributed by atoms with Crippen molar-refractivity contribution in [3.63, 3.8) is 0 Å². The molecule has 0 fully saturated rings. The number of benzene rings is 2. The largest absolute Gasteiger partial charge is 0.493 e. The van der Waals surface area contributed by atoms with Crippen molar-refractivity contribution in [2.24, 2.45) is 0 Å². The van der Waals surface area contributed by atoms with E-state index in [1.807, 2.05) is 26.0 Å². The minimum Gasteiger partial charge on any atom is -0.493 e. The first-order valence-electron chi connectivity index (χ1n) is 13.3. The molecule has 2 aromatic carbocycles. The smallest absolute Gasteiger partial charge is 0.336 e. The molecule has 10 heteroatoms. The molecule has 0 aliphatic heterocycles. The Hall–Kier alpha value is -4.83. The first-order chi connectivity index (χ1) is 20.2. The summed E-state index contributed by atoms with van der Waals surface area (Å²) in [5.41, 5.74) is 3.72. The predicted octanol–water partition coefficient (Wildman–Crippen LogP) is 4.88. The second-order valence-electron chi connectivity index (χ2n) is 9.43. The molecule has 0 bridgehead atoms. The lowest BCUT2D eigenvalue weighted by molar-refractivity contribution is -0.139. The third kappa shape index (κ3) is 7.08. The zero-order valence-electron chi connectivity index (χ0n) is 24.2. The van der Waals surface area contributed by atoms with E-state index in [-0.39, 0.29) is 25.7 Å². The molecule has 4 rings (SSSR count). The van der Waals surface area contributed by atoms with Crippen molar-refractivity contribution >= 4 is 46.0 Å². The molecule has 0 aliphatic rings. The Morgan fingerprint density at radius 3 is 2.38 bits per heavy atom. The quantitative estimate of drug-likeness (QED) is 0.109. The summed E-state index contributed by atoms with van der Waals surface area (Å²) in [4.78, 5) is 36.2. The van der Waals surface area contributed by atoms with Crippen LogP contribution in [-0.2, 0) is 19.1 Å². The third-order valence-corrected chi connectivity index (χ3v) is 6.58. The standard InChI is InChI=1S/C32H33NO9/c1-19-16-30(36)42-31-20(2)32-25(18-24(19)31)23(21(3)41-32)8-11-29(35)40-15-14-39-13-12-33-28(34)10-7-22-6-9-26(37-4)27(17-22)38-5/h6-11,16-18H,12-15H2,1-5H3,(H,33,34)/b10-7+,11-8+. The molecule has 0 saturated heterocycles. The van der Waals surface area contributed by atoms with Gasteiger partial charge in [-0.25, -0.2) is 9.59 Å². The van der Waals surface area contributed by atoms with Crippen LogP contribution >= 0.6 is 0 Å². The zero-order valence-corrected chi connectivity index (χ0v) is 24.2. The Bertz CT molecular complexity index is 1730. The molecular formula is C32H33NO9. The number of hydrogen-bond donors (Lipinski definition) is 1. The van der Waals surface area contributed by atoms with Crippen LogP contribution in [0, 0.1) is 20.8 Å². The number of rotatable bonds is 12. The fourth-order valence-corrected chi connectivity index (χ4v) is 4.46. The lowest BCUT2D eigenvalue weighted by Crippen LogP contribution is -2.26. The van der Waals surface area contributed by atoms with Crippen molar-refractivity contribution in [2.75, 3.05) is 40.6 Å². The van der Waals surface area contributed by atoms with E-state index in [0.717, 1.165) is 33.0 Å². The summed E-state index contributed by atoms with van der Waals surface area (Å²) in [6, 6.07) is 8.69. The molecule has 10 nitrogen and oxygen atoms in total. The summed E-state index contributed by atoms with van der Waals surface area (Å²) in [6.45, 7) is 6.28. The number of carbonyl (C=O) groups excluding carboxylic acids is 2. The maximum absolute atomic E-state index is 12.3. The molecule has 0 spiro atoms. The van der Waals surface area contributed by atoms with Gasteiger partial charge in [0.15, 0.2) is 11.5 Å². The van der Waals surface area contributed by atoms with Crippen LogP contribution in [-0.4, -0.2) is 52.5 Å². The van der Waals surface area contributed by atoms with Crippen molar-refractivity contribution in [3.05, 3.63) is 80.9 Å². The molecule has 4 aromatic rings. The number of methoxy groups -OCH3 is 2. The van der Waals surface area contributed by atoms with Gasteiger partial charge in [0.05, 0.1) is 27.4 Å². The van der Waals surface area contributed by atoms with Gasteiger partial charge in [0, 0.05) is 46.7 Å². The van der Waals surface area contributed by atoms with Gasteiger partial charge in [0.1, 0.15) is 23.5 Å². The van der Waals surface area contributed by atoms with Crippen molar-refractivity contribution in [3.8, 4) is 11.5 Å². The van der Waals surface area contributed by atoms with Crippen LogP contribution in [0.25, 0.3) is 34.1 Å². The molecule has 2 aromatic heterocycles. The van der Waals surface area contributed by atoms with Crippen LogP contribution in [0.2, 0.25) is 0 Å². The number of amides is 1. The van der Waals surface area contributed by atoms with E-state index < -0.39 is 11.6 Å². The Balaban J connectivity index is 1.21. The van der Waals surface area contributed by atoms with Crippen LogP contribution in [0.5, 0.6) is 11.5 Å². The normalized spacial score (nSPS) is 11.5. The highest BCUT2D eigenvalue weighted by Crippen LogP contribution is 2.35. The SMILES string of the molecule is COc1ccc(/C=C/C(=O)NCCOCCOC(=O)/C=C/c2c(C)oc3c(C)c4oc(=O)cc(C)c4cc23)cc1OC. The topological polar surface area (TPSA) is 126 Å². The fraction of sp³-hybridized carbons (Fsp3) is 0.281. The maximum Gasteiger partial charge on any atom is 0.336 e. The van der Waals surface area contributed by atoms with Crippen molar-refractivity contribution < 1.29 is 37.4 Å². The number of carbonyl (C=O) groups is 2. The average Bonchev–Trinajstić information content (AvgIpc) is 3.29. The number of ether oxygens (including phenoxy) is 4. The molecule has 2 heterocycles. The van der Waals surface area contributed by atoms with Crippen LogP contribution in [0.3, 0.4) is 0 Å². The molecule has 0 aliphatic carbocycles. The Kier molecular flexibility index (Phi) is 9.82. The van der Waals surface area contributed by atoms with Crippen molar-refractivity contribution in [1.82, 2.24) is 5.32 Å². The van der Waals surface area contributed by atoms with Gasteiger partial charge in [-0.2, -0.15) is 0 Å². The van der Waals surface area contributed by atoms with Gasteiger partial charge in [-0.15, -0.1) is 0 Å². The lowest BCUT2D eigenvalue weighted by Gasteiger charge is -2.07. The molecule has 0 saturated carbocycles. The summed E-state index contributed by atoms with van der Waals surface area (Å²) in [7, 11) is 3.11. The van der Waals surface area contributed by atoms with Crippen LogP contribution in [0.15, 0.2) is 56.1 Å².